The van der Waals surface area contributed by atoms with E-state index in [9.17, 15) is 9.90 Å². The zero-order chi connectivity index (χ0) is 20.4. The summed E-state index contributed by atoms with van der Waals surface area (Å²) in [6.45, 7) is 0.580. The quantitative estimate of drug-likeness (QED) is 0.573. The molecule has 0 fully saturated rings. The van der Waals surface area contributed by atoms with Crippen molar-refractivity contribution in [3.8, 4) is 11.3 Å². The van der Waals surface area contributed by atoms with Gasteiger partial charge in [-0.1, -0.05) is 42.5 Å². The maximum Gasteiger partial charge on any atom is 0.360 e. The standard InChI is InChI=1S/C22H22N4O3/c1-29-22(28)20-21(23)25-12-17(26-20)15-7-4-5-13(9-15)11-24-19-16-8-3-2-6-14(16)10-18(19)27/h2-9,12,18-19,24,27H,10-11H2,1H3,(H2,23,25). The molecule has 0 amide bonds. The van der Waals surface area contributed by atoms with Gasteiger partial charge in [-0.05, 0) is 22.8 Å². The van der Waals surface area contributed by atoms with E-state index in [4.69, 9.17) is 10.5 Å². The van der Waals surface area contributed by atoms with E-state index >= 15 is 0 Å². The second-order valence-electron chi connectivity index (χ2n) is 7.01. The van der Waals surface area contributed by atoms with E-state index in [1.54, 1.807) is 0 Å². The number of ether oxygens (including phenoxy) is 1. The summed E-state index contributed by atoms with van der Waals surface area (Å²) in [7, 11) is 1.28. The summed E-state index contributed by atoms with van der Waals surface area (Å²) in [4.78, 5) is 20.2. The van der Waals surface area contributed by atoms with Crippen LogP contribution >= 0.6 is 0 Å². The van der Waals surface area contributed by atoms with Crippen molar-refractivity contribution >= 4 is 11.8 Å². The third-order valence-corrected chi connectivity index (χ3v) is 5.13. The second kappa shape index (κ2) is 7.98. The lowest BCUT2D eigenvalue weighted by Gasteiger charge is -2.18. The number of hydrogen-bond acceptors (Lipinski definition) is 7. The average molecular weight is 390 g/mol. The van der Waals surface area contributed by atoms with Crippen molar-refractivity contribution in [2.24, 2.45) is 0 Å². The predicted molar refractivity (Wildman–Crippen MR) is 109 cm³/mol. The van der Waals surface area contributed by atoms with E-state index in [1.165, 1.54) is 18.9 Å². The van der Waals surface area contributed by atoms with Crippen LogP contribution in [0, 0.1) is 0 Å². The molecule has 0 saturated heterocycles. The van der Waals surface area contributed by atoms with Gasteiger partial charge in [0.05, 0.1) is 31.1 Å². The number of hydrogen-bond donors (Lipinski definition) is 3. The first-order valence-corrected chi connectivity index (χ1v) is 9.36. The molecule has 0 spiro atoms. The monoisotopic (exact) mass is 390 g/mol. The average Bonchev–Trinajstić information content (AvgIpc) is 3.07. The summed E-state index contributed by atoms with van der Waals surface area (Å²) in [5.74, 6) is -0.587. The van der Waals surface area contributed by atoms with Crippen LogP contribution in [0.5, 0.6) is 0 Å². The molecule has 4 rings (SSSR count). The topological polar surface area (TPSA) is 110 Å². The first-order chi connectivity index (χ1) is 14.1. The third-order valence-electron chi connectivity index (χ3n) is 5.13. The van der Waals surface area contributed by atoms with E-state index in [1.807, 2.05) is 36.4 Å². The van der Waals surface area contributed by atoms with Gasteiger partial charge in [0, 0.05) is 18.5 Å². The number of aliphatic hydroxyl groups is 1. The molecule has 0 bridgehead atoms. The van der Waals surface area contributed by atoms with Crippen LogP contribution in [0.4, 0.5) is 5.82 Å². The number of anilines is 1. The van der Waals surface area contributed by atoms with Crippen LogP contribution < -0.4 is 11.1 Å². The Labute approximate surface area is 168 Å². The largest absolute Gasteiger partial charge is 0.464 e. The number of rotatable bonds is 5. The van der Waals surface area contributed by atoms with Crippen molar-refractivity contribution in [1.82, 2.24) is 15.3 Å². The van der Waals surface area contributed by atoms with Crippen LogP contribution in [0.1, 0.15) is 33.2 Å². The van der Waals surface area contributed by atoms with Crippen LogP contribution in [0.2, 0.25) is 0 Å². The molecule has 7 nitrogen and oxygen atoms in total. The van der Waals surface area contributed by atoms with Crippen molar-refractivity contribution in [3.05, 3.63) is 77.1 Å². The molecule has 1 heterocycles. The van der Waals surface area contributed by atoms with Crippen molar-refractivity contribution in [2.75, 3.05) is 12.8 Å². The number of methoxy groups -OCH3 is 1. The number of fused-ring (bicyclic) bond motifs is 1. The zero-order valence-corrected chi connectivity index (χ0v) is 16.0. The van der Waals surface area contributed by atoms with Gasteiger partial charge in [-0.2, -0.15) is 0 Å². The molecule has 4 N–H and O–H groups in total. The molecule has 1 aliphatic carbocycles. The lowest BCUT2D eigenvalue weighted by Crippen LogP contribution is -2.28. The summed E-state index contributed by atoms with van der Waals surface area (Å²) < 4.78 is 4.71. The van der Waals surface area contributed by atoms with Crippen LogP contribution in [0.25, 0.3) is 11.3 Å². The maximum absolute atomic E-state index is 11.8. The number of aliphatic hydroxyl groups excluding tert-OH is 1. The maximum atomic E-state index is 11.8. The molecule has 1 aliphatic rings. The highest BCUT2D eigenvalue weighted by Crippen LogP contribution is 2.31. The summed E-state index contributed by atoms with van der Waals surface area (Å²) in [5, 5.41) is 13.9. The summed E-state index contributed by atoms with van der Waals surface area (Å²) in [6, 6.07) is 15.8. The van der Waals surface area contributed by atoms with Crippen LogP contribution in [-0.4, -0.2) is 34.3 Å². The molecule has 2 aromatic carbocycles. The third kappa shape index (κ3) is 3.83. The van der Waals surface area contributed by atoms with Crippen LogP contribution in [-0.2, 0) is 17.7 Å². The molecular weight excluding hydrogens is 368 g/mol. The fourth-order valence-corrected chi connectivity index (χ4v) is 3.67. The van der Waals surface area contributed by atoms with E-state index in [0.717, 1.165) is 16.7 Å². The fourth-order valence-electron chi connectivity index (χ4n) is 3.67. The van der Waals surface area contributed by atoms with E-state index in [0.29, 0.717) is 18.7 Å². The van der Waals surface area contributed by atoms with Gasteiger partial charge in [0.15, 0.2) is 11.5 Å². The minimum Gasteiger partial charge on any atom is -0.464 e. The molecule has 2 unspecified atom stereocenters. The molecule has 2 atom stereocenters. The highest BCUT2D eigenvalue weighted by atomic mass is 16.5. The molecule has 3 aromatic rings. The van der Waals surface area contributed by atoms with Crippen molar-refractivity contribution < 1.29 is 14.6 Å². The Kier molecular flexibility index (Phi) is 5.24. The highest BCUT2D eigenvalue weighted by molar-refractivity contribution is 5.92. The smallest absolute Gasteiger partial charge is 0.360 e. The van der Waals surface area contributed by atoms with Gasteiger partial charge < -0.3 is 20.9 Å². The molecule has 7 heteroatoms. The SMILES string of the molecule is COC(=O)c1nc(-c2cccc(CNC3c4ccccc4CC3O)c2)cnc1N. The Hall–Kier alpha value is -3.29. The Morgan fingerprint density at radius 1 is 1.28 bits per heavy atom. The molecule has 29 heavy (non-hydrogen) atoms. The second-order valence-corrected chi connectivity index (χ2v) is 7.01. The number of carbonyl (C=O) groups excluding carboxylic acids is 1. The number of benzene rings is 2. The number of aromatic nitrogens is 2. The van der Waals surface area contributed by atoms with Gasteiger partial charge in [0.1, 0.15) is 0 Å². The van der Waals surface area contributed by atoms with Gasteiger partial charge in [0.2, 0.25) is 0 Å². The van der Waals surface area contributed by atoms with E-state index < -0.39 is 12.1 Å². The van der Waals surface area contributed by atoms with Crippen molar-refractivity contribution in [3.63, 3.8) is 0 Å². The Morgan fingerprint density at radius 3 is 2.93 bits per heavy atom. The number of carbonyl (C=O) groups is 1. The van der Waals surface area contributed by atoms with Crippen LogP contribution in [0.3, 0.4) is 0 Å². The lowest BCUT2D eigenvalue weighted by molar-refractivity contribution is 0.0595. The molecular formula is C22H22N4O3. The molecule has 148 valence electrons. The minimum atomic E-state index is -0.622. The van der Waals surface area contributed by atoms with E-state index in [-0.39, 0.29) is 17.6 Å². The normalized spacial score (nSPS) is 17.7. The van der Waals surface area contributed by atoms with Crippen LogP contribution in [0.15, 0.2) is 54.7 Å². The summed E-state index contributed by atoms with van der Waals surface area (Å²) in [5.41, 5.74) is 10.4. The first kappa shape index (κ1) is 19.0. The van der Waals surface area contributed by atoms with E-state index in [2.05, 4.69) is 27.4 Å². The van der Waals surface area contributed by atoms with Gasteiger partial charge >= 0.3 is 5.97 Å². The number of nitrogen functional groups attached to an aromatic ring is 1. The highest BCUT2D eigenvalue weighted by Gasteiger charge is 2.30. The minimum absolute atomic E-state index is 0.000729. The van der Waals surface area contributed by atoms with Crippen molar-refractivity contribution in [2.45, 2.75) is 25.1 Å². The molecule has 0 radical (unpaired) electrons. The first-order valence-electron chi connectivity index (χ1n) is 9.36. The number of esters is 1. The van der Waals surface area contributed by atoms with Gasteiger partial charge in [-0.3, -0.25) is 0 Å². The number of nitrogens with two attached hydrogens (primary N) is 1. The Bertz CT molecular complexity index is 1050. The number of nitrogens with one attached hydrogen (secondary N) is 1. The number of nitrogens with zero attached hydrogens (tertiary/aromatic N) is 2. The van der Waals surface area contributed by atoms with Crippen molar-refractivity contribution in [1.29, 1.82) is 0 Å². The van der Waals surface area contributed by atoms with Gasteiger partial charge in [-0.15, -0.1) is 0 Å². The molecule has 1 aromatic heterocycles. The summed E-state index contributed by atoms with van der Waals surface area (Å²) in [6.07, 6.45) is 1.75. The Morgan fingerprint density at radius 2 is 2.10 bits per heavy atom. The summed E-state index contributed by atoms with van der Waals surface area (Å²) >= 11 is 0. The van der Waals surface area contributed by atoms with Gasteiger partial charge in [-0.25, -0.2) is 14.8 Å². The zero-order valence-electron chi connectivity index (χ0n) is 16.0. The predicted octanol–water partition coefficient (Wildman–Crippen LogP) is 2.26. The van der Waals surface area contributed by atoms with Gasteiger partial charge in [0.25, 0.3) is 0 Å². The molecule has 0 aliphatic heterocycles. The fraction of sp³-hybridized carbons (Fsp3) is 0.227. The Balaban J connectivity index is 1.54. The molecule has 0 saturated carbocycles. The lowest BCUT2D eigenvalue weighted by atomic mass is 10.1.